The van der Waals surface area contributed by atoms with Crippen molar-refractivity contribution < 1.29 is 9.13 Å². The molecule has 1 aliphatic rings. The maximum Gasteiger partial charge on any atom is 0.128 e. The standard InChI is InChI=1S/C14H21FN2O/c1-10(2)17-5-4-12(9-17)16-13-6-11(15)7-14(8-13)18-3/h6-8,10,12,16H,4-5,9H2,1-3H3. The normalized spacial score (nSPS) is 20.4. The Morgan fingerprint density at radius 1 is 1.39 bits per heavy atom. The van der Waals surface area contributed by atoms with E-state index in [0.717, 1.165) is 25.2 Å². The van der Waals surface area contributed by atoms with Gasteiger partial charge in [-0.25, -0.2) is 4.39 Å². The van der Waals surface area contributed by atoms with Gasteiger partial charge in [0.15, 0.2) is 0 Å². The van der Waals surface area contributed by atoms with Crippen LogP contribution < -0.4 is 10.1 Å². The van der Waals surface area contributed by atoms with E-state index in [1.807, 2.05) is 6.07 Å². The Balaban J connectivity index is 2.00. The molecule has 1 heterocycles. The number of nitrogens with zero attached hydrogens (tertiary/aromatic N) is 1. The summed E-state index contributed by atoms with van der Waals surface area (Å²) in [7, 11) is 1.55. The number of halogens is 1. The fourth-order valence-corrected chi connectivity index (χ4v) is 2.37. The highest BCUT2D eigenvalue weighted by atomic mass is 19.1. The van der Waals surface area contributed by atoms with E-state index in [9.17, 15) is 4.39 Å². The van der Waals surface area contributed by atoms with Crippen LogP contribution in [0.3, 0.4) is 0 Å². The van der Waals surface area contributed by atoms with Crippen molar-refractivity contribution in [2.24, 2.45) is 0 Å². The highest BCUT2D eigenvalue weighted by Gasteiger charge is 2.24. The second-order valence-corrected chi connectivity index (χ2v) is 5.10. The van der Waals surface area contributed by atoms with Gasteiger partial charge in [-0.1, -0.05) is 0 Å². The zero-order valence-electron chi connectivity index (χ0n) is 11.2. The summed E-state index contributed by atoms with van der Waals surface area (Å²) < 4.78 is 18.4. The molecule has 18 heavy (non-hydrogen) atoms. The Morgan fingerprint density at radius 2 is 2.17 bits per heavy atom. The van der Waals surface area contributed by atoms with E-state index in [4.69, 9.17) is 4.74 Å². The summed E-state index contributed by atoms with van der Waals surface area (Å²) in [6, 6.07) is 5.69. The van der Waals surface area contributed by atoms with Gasteiger partial charge in [0.1, 0.15) is 11.6 Å². The third-order valence-corrected chi connectivity index (χ3v) is 3.43. The van der Waals surface area contributed by atoms with Gasteiger partial charge in [0.2, 0.25) is 0 Å². The predicted octanol–water partition coefficient (Wildman–Crippen LogP) is 2.73. The molecule has 4 heteroatoms. The van der Waals surface area contributed by atoms with Crippen LogP contribution in [0.4, 0.5) is 10.1 Å². The first-order valence-corrected chi connectivity index (χ1v) is 6.43. The number of ether oxygens (including phenoxy) is 1. The van der Waals surface area contributed by atoms with E-state index < -0.39 is 0 Å². The summed E-state index contributed by atoms with van der Waals surface area (Å²) in [4.78, 5) is 2.42. The third-order valence-electron chi connectivity index (χ3n) is 3.43. The molecule has 0 aromatic heterocycles. The lowest BCUT2D eigenvalue weighted by atomic mass is 10.2. The third kappa shape index (κ3) is 3.13. The van der Waals surface area contributed by atoms with Gasteiger partial charge in [-0.3, -0.25) is 4.90 Å². The van der Waals surface area contributed by atoms with Gasteiger partial charge in [0.05, 0.1) is 7.11 Å². The molecule has 1 fully saturated rings. The molecule has 0 saturated carbocycles. The van der Waals surface area contributed by atoms with Crippen molar-refractivity contribution >= 4 is 5.69 Å². The van der Waals surface area contributed by atoms with Crippen molar-refractivity contribution in [1.29, 1.82) is 0 Å². The molecule has 1 aromatic carbocycles. The highest BCUT2D eigenvalue weighted by molar-refractivity contribution is 5.49. The average Bonchev–Trinajstić information content (AvgIpc) is 2.76. The number of hydrogen-bond acceptors (Lipinski definition) is 3. The second-order valence-electron chi connectivity index (χ2n) is 5.10. The first kappa shape index (κ1) is 13.1. The van der Waals surface area contributed by atoms with Crippen molar-refractivity contribution in [2.45, 2.75) is 32.4 Å². The van der Waals surface area contributed by atoms with E-state index in [-0.39, 0.29) is 5.82 Å². The van der Waals surface area contributed by atoms with Crippen molar-refractivity contribution in [2.75, 3.05) is 25.5 Å². The molecule has 1 aliphatic heterocycles. The minimum absolute atomic E-state index is 0.268. The maximum atomic E-state index is 13.4. The smallest absolute Gasteiger partial charge is 0.128 e. The SMILES string of the molecule is COc1cc(F)cc(NC2CCN(C(C)C)C2)c1. The molecule has 0 spiro atoms. The van der Waals surface area contributed by atoms with Gasteiger partial charge < -0.3 is 10.1 Å². The summed E-state index contributed by atoms with van der Waals surface area (Å²) >= 11 is 0. The molecule has 3 nitrogen and oxygen atoms in total. The van der Waals surface area contributed by atoms with E-state index in [1.54, 1.807) is 7.11 Å². The van der Waals surface area contributed by atoms with Crippen LogP contribution in [-0.4, -0.2) is 37.2 Å². The molecule has 2 rings (SSSR count). The zero-order valence-corrected chi connectivity index (χ0v) is 11.2. The van der Waals surface area contributed by atoms with Gasteiger partial charge in [-0.15, -0.1) is 0 Å². The van der Waals surface area contributed by atoms with Crippen LogP contribution in [0.1, 0.15) is 20.3 Å². The molecule has 1 unspecified atom stereocenters. The largest absolute Gasteiger partial charge is 0.497 e. The monoisotopic (exact) mass is 252 g/mol. The number of methoxy groups -OCH3 is 1. The first-order valence-electron chi connectivity index (χ1n) is 6.43. The van der Waals surface area contributed by atoms with E-state index in [0.29, 0.717) is 17.8 Å². The predicted molar refractivity (Wildman–Crippen MR) is 71.7 cm³/mol. The van der Waals surface area contributed by atoms with Crippen LogP contribution in [0.5, 0.6) is 5.75 Å². The summed E-state index contributed by atoms with van der Waals surface area (Å²) in [6.45, 7) is 6.51. The molecule has 1 saturated heterocycles. The number of benzene rings is 1. The molecule has 0 bridgehead atoms. The number of likely N-dealkylation sites (tertiary alicyclic amines) is 1. The van der Waals surface area contributed by atoms with Crippen molar-refractivity contribution in [3.63, 3.8) is 0 Å². The number of nitrogens with one attached hydrogen (secondary N) is 1. The Kier molecular flexibility index (Phi) is 4.07. The van der Waals surface area contributed by atoms with Crippen LogP contribution in [0.15, 0.2) is 18.2 Å². The van der Waals surface area contributed by atoms with Crippen molar-refractivity contribution in [1.82, 2.24) is 4.90 Å². The lowest BCUT2D eigenvalue weighted by Gasteiger charge is -2.21. The molecule has 0 amide bonds. The van der Waals surface area contributed by atoms with E-state index >= 15 is 0 Å². The fraction of sp³-hybridized carbons (Fsp3) is 0.571. The Labute approximate surface area is 108 Å². The number of anilines is 1. The van der Waals surface area contributed by atoms with Crippen LogP contribution in [0, 0.1) is 5.82 Å². The fourth-order valence-electron chi connectivity index (χ4n) is 2.37. The van der Waals surface area contributed by atoms with Crippen LogP contribution in [0.25, 0.3) is 0 Å². The Hall–Kier alpha value is -1.29. The minimum atomic E-state index is -0.268. The Morgan fingerprint density at radius 3 is 2.78 bits per heavy atom. The summed E-state index contributed by atoms with van der Waals surface area (Å²) in [5.41, 5.74) is 0.794. The Bertz CT molecular complexity index is 409. The summed E-state index contributed by atoms with van der Waals surface area (Å²) in [6.07, 6.45) is 1.09. The summed E-state index contributed by atoms with van der Waals surface area (Å²) in [5, 5.41) is 3.38. The van der Waals surface area contributed by atoms with E-state index in [2.05, 4.69) is 24.1 Å². The molecule has 1 atom stereocenters. The van der Waals surface area contributed by atoms with Gasteiger partial charge in [0.25, 0.3) is 0 Å². The van der Waals surface area contributed by atoms with Crippen LogP contribution >= 0.6 is 0 Å². The molecule has 1 N–H and O–H groups in total. The highest BCUT2D eigenvalue weighted by Crippen LogP contribution is 2.23. The van der Waals surface area contributed by atoms with Gasteiger partial charge in [0, 0.05) is 43.0 Å². The average molecular weight is 252 g/mol. The topological polar surface area (TPSA) is 24.5 Å². The number of rotatable bonds is 4. The molecule has 0 aliphatic carbocycles. The van der Waals surface area contributed by atoms with Crippen molar-refractivity contribution in [3.8, 4) is 5.75 Å². The lowest BCUT2D eigenvalue weighted by molar-refractivity contribution is 0.274. The molecular formula is C14H21FN2O. The molecule has 100 valence electrons. The molecule has 0 radical (unpaired) electrons. The lowest BCUT2D eigenvalue weighted by Crippen LogP contribution is -2.31. The molecular weight excluding hydrogens is 231 g/mol. The van der Waals surface area contributed by atoms with Crippen LogP contribution in [-0.2, 0) is 0 Å². The first-order chi connectivity index (χ1) is 8.58. The van der Waals surface area contributed by atoms with E-state index in [1.165, 1.54) is 12.1 Å². The maximum absolute atomic E-state index is 13.4. The van der Waals surface area contributed by atoms with Crippen molar-refractivity contribution in [3.05, 3.63) is 24.0 Å². The number of hydrogen-bond donors (Lipinski definition) is 1. The quantitative estimate of drug-likeness (QED) is 0.891. The van der Waals surface area contributed by atoms with Gasteiger partial charge >= 0.3 is 0 Å². The zero-order chi connectivity index (χ0) is 13.1. The summed E-state index contributed by atoms with van der Waals surface area (Å²) in [5.74, 6) is 0.284. The van der Waals surface area contributed by atoms with Gasteiger partial charge in [-0.05, 0) is 26.3 Å². The minimum Gasteiger partial charge on any atom is -0.497 e. The molecule has 1 aromatic rings. The van der Waals surface area contributed by atoms with Crippen LogP contribution in [0.2, 0.25) is 0 Å². The second kappa shape index (κ2) is 5.57. The van der Waals surface area contributed by atoms with Gasteiger partial charge in [-0.2, -0.15) is 0 Å².